The Labute approximate surface area is 123 Å². The third kappa shape index (κ3) is 3.35. The Kier molecular flexibility index (Phi) is 4.62. The molecule has 1 aliphatic carbocycles. The van der Waals surface area contributed by atoms with Gasteiger partial charge in [0.05, 0.1) is 0 Å². The van der Waals surface area contributed by atoms with Gasteiger partial charge in [0.2, 0.25) is 0 Å². The summed E-state index contributed by atoms with van der Waals surface area (Å²) < 4.78 is 0. The largest absolute Gasteiger partial charge is 0.374 e. The first-order valence-electron chi connectivity index (χ1n) is 8.36. The molecule has 0 radical (unpaired) electrons. The molecule has 2 heteroatoms. The van der Waals surface area contributed by atoms with E-state index in [2.05, 4.69) is 35.5 Å². The minimum absolute atomic E-state index is 1.03. The first-order chi connectivity index (χ1) is 9.83. The van der Waals surface area contributed by atoms with Crippen molar-refractivity contribution in [2.24, 2.45) is 5.92 Å². The van der Waals surface area contributed by atoms with Crippen LogP contribution in [0.5, 0.6) is 0 Å². The number of fused-ring (bicyclic) bond motifs is 1. The molecule has 0 unspecified atom stereocenters. The SMILES string of the molecule is CN1CCc2cc(CNCCCC3CCCC3)ccc21. The van der Waals surface area contributed by atoms with Gasteiger partial charge >= 0.3 is 0 Å². The summed E-state index contributed by atoms with van der Waals surface area (Å²) in [6.45, 7) is 3.38. The summed E-state index contributed by atoms with van der Waals surface area (Å²) in [6, 6.07) is 6.96. The van der Waals surface area contributed by atoms with Crippen LogP contribution in [0.2, 0.25) is 0 Å². The lowest BCUT2D eigenvalue weighted by molar-refractivity contribution is 0.470. The van der Waals surface area contributed by atoms with Gasteiger partial charge in [0.1, 0.15) is 0 Å². The van der Waals surface area contributed by atoms with Crippen LogP contribution in [0.25, 0.3) is 0 Å². The fourth-order valence-electron chi connectivity index (χ4n) is 3.78. The molecular weight excluding hydrogens is 244 g/mol. The fraction of sp³-hybridized carbons (Fsp3) is 0.667. The fourth-order valence-corrected chi connectivity index (χ4v) is 3.78. The maximum atomic E-state index is 3.61. The van der Waals surface area contributed by atoms with Crippen LogP contribution in [0.15, 0.2) is 18.2 Å². The number of hydrogen-bond donors (Lipinski definition) is 1. The summed E-state index contributed by atoms with van der Waals surface area (Å²) in [5, 5.41) is 3.61. The quantitative estimate of drug-likeness (QED) is 0.794. The highest BCUT2D eigenvalue weighted by Gasteiger charge is 2.15. The van der Waals surface area contributed by atoms with Gasteiger partial charge in [-0.25, -0.2) is 0 Å². The molecule has 110 valence electrons. The molecule has 3 rings (SSSR count). The molecule has 2 aliphatic rings. The van der Waals surface area contributed by atoms with Crippen LogP contribution in [-0.2, 0) is 13.0 Å². The number of nitrogens with zero attached hydrogens (tertiary/aromatic N) is 1. The second-order valence-electron chi connectivity index (χ2n) is 6.60. The Morgan fingerprint density at radius 2 is 2.10 bits per heavy atom. The average Bonchev–Trinajstić information content (AvgIpc) is 3.09. The third-order valence-electron chi connectivity index (χ3n) is 5.04. The lowest BCUT2D eigenvalue weighted by Crippen LogP contribution is -2.15. The van der Waals surface area contributed by atoms with E-state index in [0.717, 1.165) is 12.5 Å². The van der Waals surface area contributed by atoms with E-state index >= 15 is 0 Å². The van der Waals surface area contributed by atoms with Crippen LogP contribution in [0.3, 0.4) is 0 Å². The third-order valence-corrected chi connectivity index (χ3v) is 5.04. The number of nitrogens with one attached hydrogen (secondary N) is 1. The number of anilines is 1. The lowest BCUT2D eigenvalue weighted by Gasteiger charge is -2.13. The van der Waals surface area contributed by atoms with Crippen molar-refractivity contribution in [3.63, 3.8) is 0 Å². The minimum Gasteiger partial charge on any atom is -0.374 e. The van der Waals surface area contributed by atoms with Gasteiger partial charge in [-0.15, -0.1) is 0 Å². The van der Waals surface area contributed by atoms with Gasteiger partial charge in [0.15, 0.2) is 0 Å². The molecule has 2 nitrogen and oxygen atoms in total. The van der Waals surface area contributed by atoms with Gasteiger partial charge in [-0.05, 0) is 48.9 Å². The average molecular weight is 272 g/mol. The van der Waals surface area contributed by atoms with E-state index in [0.29, 0.717) is 0 Å². The van der Waals surface area contributed by atoms with Crippen molar-refractivity contribution in [3.8, 4) is 0 Å². The first kappa shape index (κ1) is 13.9. The molecule has 0 amide bonds. The monoisotopic (exact) mass is 272 g/mol. The molecule has 1 saturated carbocycles. The van der Waals surface area contributed by atoms with Crippen molar-refractivity contribution in [3.05, 3.63) is 29.3 Å². The van der Waals surface area contributed by atoms with Gasteiger partial charge in [-0.1, -0.05) is 37.8 Å². The second kappa shape index (κ2) is 6.62. The van der Waals surface area contributed by atoms with Crippen LogP contribution in [-0.4, -0.2) is 20.1 Å². The molecule has 1 aliphatic heterocycles. The van der Waals surface area contributed by atoms with Gasteiger partial charge < -0.3 is 10.2 Å². The number of likely N-dealkylation sites (N-methyl/N-ethyl adjacent to an activating group) is 1. The Balaban J connectivity index is 1.38. The van der Waals surface area contributed by atoms with E-state index < -0.39 is 0 Å². The molecule has 0 bridgehead atoms. The molecule has 1 N–H and O–H groups in total. The molecule has 0 saturated heterocycles. The summed E-state index contributed by atoms with van der Waals surface area (Å²) in [5.41, 5.74) is 4.40. The predicted molar refractivity (Wildman–Crippen MR) is 86.3 cm³/mol. The highest BCUT2D eigenvalue weighted by molar-refractivity contribution is 5.58. The molecule has 1 heterocycles. The smallest absolute Gasteiger partial charge is 0.0397 e. The van der Waals surface area contributed by atoms with Crippen molar-refractivity contribution < 1.29 is 0 Å². The van der Waals surface area contributed by atoms with E-state index in [1.54, 1.807) is 0 Å². The normalized spacial score (nSPS) is 18.8. The Hall–Kier alpha value is -1.02. The standard InChI is InChI=1S/C18H28N2/c1-20-12-10-17-13-16(8-9-18(17)20)14-19-11-4-7-15-5-2-3-6-15/h8-9,13,15,19H,2-7,10-12,14H2,1H3. The summed E-state index contributed by atoms with van der Waals surface area (Å²) in [4.78, 5) is 2.36. The van der Waals surface area contributed by atoms with E-state index in [4.69, 9.17) is 0 Å². The molecule has 1 aromatic rings. The van der Waals surface area contributed by atoms with Gasteiger partial charge in [-0.3, -0.25) is 0 Å². The molecular formula is C18H28N2. The number of rotatable bonds is 6. The highest BCUT2D eigenvalue weighted by atomic mass is 15.1. The first-order valence-corrected chi connectivity index (χ1v) is 8.36. The summed E-state index contributed by atoms with van der Waals surface area (Å²) in [7, 11) is 2.19. The lowest BCUT2D eigenvalue weighted by atomic mass is 10.0. The van der Waals surface area contributed by atoms with Crippen molar-refractivity contribution in [1.82, 2.24) is 5.32 Å². The maximum absolute atomic E-state index is 3.61. The van der Waals surface area contributed by atoms with Crippen molar-refractivity contribution in [2.45, 2.75) is 51.5 Å². The summed E-state index contributed by atoms with van der Waals surface area (Å²) in [5.74, 6) is 1.03. The van der Waals surface area contributed by atoms with E-state index in [1.807, 2.05) is 0 Å². The van der Waals surface area contributed by atoms with Gasteiger partial charge in [0.25, 0.3) is 0 Å². The summed E-state index contributed by atoms with van der Waals surface area (Å²) >= 11 is 0. The number of hydrogen-bond acceptors (Lipinski definition) is 2. The van der Waals surface area contributed by atoms with Crippen molar-refractivity contribution in [2.75, 3.05) is 25.0 Å². The van der Waals surface area contributed by atoms with Crippen molar-refractivity contribution in [1.29, 1.82) is 0 Å². The molecule has 0 atom stereocenters. The van der Waals surface area contributed by atoms with Crippen LogP contribution in [0.1, 0.15) is 49.7 Å². The molecule has 0 spiro atoms. The van der Waals surface area contributed by atoms with Crippen LogP contribution in [0, 0.1) is 5.92 Å². The van der Waals surface area contributed by atoms with Crippen molar-refractivity contribution >= 4 is 5.69 Å². The molecule has 1 aromatic carbocycles. The van der Waals surface area contributed by atoms with E-state index in [1.165, 1.54) is 74.8 Å². The zero-order valence-electron chi connectivity index (χ0n) is 12.8. The van der Waals surface area contributed by atoms with E-state index in [-0.39, 0.29) is 0 Å². The Morgan fingerprint density at radius 3 is 2.95 bits per heavy atom. The van der Waals surface area contributed by atoms with Crippen LogP contribution < -0.4 is 10.2 Å². The number of benzene rings is 1. The minimum atomic E-state index is 1.03. The Morgan fingerprint density at radius 1 is 1.25 bits per heavy atom. The van der Waals surface area contributed by atoms with Crippen LogP contribution in [0.4, 0.5) is 5.69 Å². The zero-order valence-corrected chi connectivity index (χ0v) is 12.8. The summed E-state index contributed by atoms with van der Waals surface area (Å²) in [6.07, 6.45) is 9.90. The maximum Gasteiger partial charge on any atom is 0.0397 e. The predicted octanol–water partition coefficient (Wildman–Crippen LogP) is 3.74. The second-order valence-corrected chi connectivity index (χ2v) is 6.60. The molecule has 20 heavy (non-hydrogen) atoms. The highest BCUT2D eigenvalue weighted by Crippen LogP contribution is 2.28. The zero-order chi connectivity index (χ0) is 13.8. The van der Waals surface area contributed by atoms with Crippen LogP contribution >= 0.6 is 0 Å². The molecule has 1 fully saturated rings. The van der Waals surface area contributed by atoms with Gasteiger partial charge in [0, 0.05) is 25.8 Å². The van der Waals surface area contributed by atoms with Gasteiger partial charge in [-0.2, -0.15) is 0 Å². The Bertz CT molecular complexity index is 435. The topological polar surface area (TPSA) is 15.3 Å². The molecule has 0 aromatic heterocycles. The van der Waals surface area contributed by atoms with E-state index in [9.17, 15) is 0 Å².